The lowest BCUT2D eigenvalue weighted by Gasteiger charge is -2.33. The van der Waals surface area contributed by atoms with Gasteiger partial charge in [0.1, 0.15) is 5.75 Å². The van der Waals surface area contributed by atoms with E-state index in [2.05, 4.69) is 31.1 Å². The Bertz CT molecular complexity index is 750. The summed E-state index contributed by atoms with van der Waals surface area (Å²) in [6.45, 7) is 6.83. The van der Waals surface area contributed by atoms with Crippen LogP contribution >= 0.6 is 22.9 Å². The molecule has 0 saturated carbocycles. The second kappa shape index (κ2) is 7.34. The molecule has 2 aromatic rings. The first-order chi connectivity index (χ1) is 11.8. The third kappa shape index (κ3) is 4.73. The van der Waals surface area contributed by atoms with E-state index in [1.165, 1.54) is 4.88 Å². The van der Waals surface area contributed by atoms with Gasteiger partial charge in [0.05, 0.1) is 5.69 Å². The van der Waals surface area contributed by atoms with Crippen LogP contribution in [0, 0.1) is 11.3 Å². The number of hydrogen-bond acceptors (Lipinski definition) is 4. The summed E-state index contributed by atoms with van der Waals surface area (Å²) in [5, 5.41) is 4.16. The van der Waals surface area contributed by atoms with Crippen LogP contribution in [0.3, 0.4) is 0 Å². The Morgan fingerprint density at radius 2 is 2.08 bits per heavy atom. The summed E-state index contributed by atoms with van der Waals surface area (Å²) < 4.78 is 5.46. The minimum absolute atomic E-state index is 0.0451. The number of carbonyl (C=O) groups is 1. The largest absolute Gasteiger partial charge is 0.484 e. The molecule has 1 amide bonds. The van der Waals surface area contributed by atoms with Crippen molar-refractivity contribution in [3.8, 4) is 5.75 Å². The van der Waals surface area contributed by atoms with E-state index < -0.39 is 0 Å². The molecular formula is C19H23ClN2O2S. The Labute approximate surface area is 157 Å². The van der Waals surface area contributed by atoms with Crippen LogP contribution in [0.25, 0.3) is 0 Å². The molecule has 3 rings (SSSR count). The molecule has 0 spiro atoms. The molecule has 134 valence electrons. The van der Waals surface area contributed by atoms with Crippen LogP contribution in [0.2, 0.25) is 5.02 Å². The zero-order valence-corrected chi connectivity index (χ0v) is 16.3. The minimum Gasteiger partial charge on any atom is -0.484 e. The molecule has 0 radical (unpaired) electrons. The predicted octanol–water partition coefficient (Wildman–Crippen LogP) is 4.97. The molecule has 0 bridgehead atoms. The number of thiazole rings is 1. The smallest absolute Gasteiger partial charge is 0.264 e. The zero-order chi connectivity index (χ0) is 18.0. The molecule has 1 aromatic heterocycles. The number of aromatic nitrogens is 1. The predicted molar refractivity (Wildman–Crippen MR) is 103 cm³/mol. The average molecular weight is 379 g/mol. The maximum Gasteiger partial charge on any atom is 0.264 e. The number of carbonyl (C=O) groups excluding carboxylic acids is 1. The number of aryl methyl sites for hydroxylation is 1. The lowest BCUT2D eigenvalue weighted by molar-refractivity contribution is -0.118. The van der Waals surface area contributed by atoms with Crippen molar-refractivity contribution >= 4 is 34.0 Å². The zero-order valence-electron chi connectivity index (χ0n) is 14.8. The Morgan fingerprint density at radius 3 is 2.76 bits per heavy atom. The van der Waals surface area contributed by atoms with Crippen LogP contribution in [0.5, 0.6) is 5.75 Å². The van der Waals surface area contributed by atoms with Crippen molar-refractivity contribution in [2.45, 2.75) is 40.0 Å². The highest BCUT2D eigenvalue weighted by molar-refractivity contribution is 7.15. The number of ether oxygens (including phenoxy) is 1. The molecular weight excluding hydrogens is 356 g/mol. The van der Waals surface area contributed by atoms with Crippen molar-refractivity contribution < 1.29 is 9.53 Å². The van der Waals surface area contributed by atoms with Gasteiger partial charge in [0, 0.05) is 9.90 Å². The molecule has 4 nitrogen and oxygen atoms in total. The molecule has 1 heterocycles. The maximum atomic E-state index is 12.1. The Kier molecular flexibility index (Phi) is 5.35. The highest BCUT2D eigenvalue weighted by Crippen LogP contribution is 2.40. The first-order valence-corrected chi connectivity index (χ1v) is 9.67. The number of nitrogens with one attached hydrogen (secondary N) is 1. The van der Waals surface area contributed by atoms with E-state index in [9.17, 15) is 4.79 Å². The molecule has 1 aliphatic rings. The second-order valence-electron chi connectivity index (χ2n) is 7.49. The van der Waals surface area contributed by atoms with Crippen LogP contribution in [0.15, 0.2) is 24.3 Å². The Morgan fingerprint density at radius 1 is 1.36 bits per heavy atom. The number of benzene rings is 1. The van der Waals surface area contributed by atoms with Crippen molar-refractivity contribution in [2.75, 3.05) is 11.9 Å². The standard InChI is InChI=1S/C19H23ClN2O2S/c1-19(2,3)12-4-9-15-16(10-12)25-18(21-15)22-17(23)11-24-14-7-5-13(20)6-8-14/h5-8,12H,4,9-11H2,1-3H3,(H,21,22,23)/t12-/m0/s1. The highest BCUT2D eigenvalue weighted by Gasteiger charge is 2.30. The van der Waals surface area contributed by atoms with Crippen LogP contribution in [0.4, 0.5) is 5.13 Å². The van der Waals surface area contributed by atoms with Crippen LogP contribution < -0.4 is 10.1 Å². The van der Waals surface area contributed by atoms with Crippen LogP contribution in [-0.4, -0.2) is 17.5 Å². The van der Waals surface area contributed by atoms with Crippen molar-refractivity contribution in [2.24, 2.45) is 11.3 Å². The van der Waals surface area contributed by atoms with Crippen LogP contribution in [0.1, 0.15) is 37.8 Å². The van der Waals surface area contributed by atoms with Gasteiger partial charge in [-0.1, -0.05) is 32.4 Å². The monoisotopic (exact) mass is 378 g/mol. The summed E-state index contributed by atoms with van der Waals surface area (Å²) in [5.41, 5.74) is 1.44. The number of anilines is 1. The van der Waals surface area contributed by atoms with Gasteiger partial charge in [-0.15, -0.1) is 11.3 Å². The summed E-state index contributed by atoms with van der Waals surface area (Å²) in [5.74, 6) is 1.08. The highest BCUT2D eigenvalue weighted by atomic mass is 35.5. The molecule has 1 aliphatic carbocycles. The van der Waals surface area contributed by atoms with Gasteiger partial charge in [0.25, 0.3) is 5.91 Å². The van der Waals surface area contributed by atoms with Gasteiger partial charge in [-0.2, -0.15) is 0 Å². The lowest BCUT2D eigenvalue weighted by atomic mass is 9.73. The number of nitrogens with zero attached hydrogens (tertiary/aromatic N) is 1. The first kappa shape index (κ1) is 18.2. The molecule has 25 heavy (non-hydrogen) atoms. The van der Waals surface area contributed by atoms with Crippen molar-refractivity contribution in [1.82, 2.24) is 4.98 Å². The number of rotatable bonds is 4. The van der Waals surface area contributed by atoms with Gasteiger partial charge in [0.2, 0.25) is 0 Å². The fraction of sp³-hybridized carbons (Fsp3) is 0.474. The van der Waals surface area contributed by atoms with Gasteiger partial charge in [-0.25, -0.2) is 4.98 Å². The van der Waals surface area contributed by atoms with E-state index in [1.807, 2.05) is 0 Å². The fourth-order valence-electron chi connectivity index (χ4n) is 3.00. The molecule has 1 N–H and O–H groups in total. The average Bonchev–Trinajstić information content (AvgIpc) is 2.94. The van der Waals surface area contributed by atoms with Crippen LogP contribution in [-0.2, 0) is 17.6 Å². The third-order valence-corrected chi connectivity index (χ3v) is 5.88. The molecule has 1 atom stereocenters. The summed E-state index contributed by atoms with van der Waals surface area (Å²) >= 11 is 7.42. The molecule has 0 aliphatic heterocycles. The maximum absolute atomic E-state index is 12.1. The molecule has 6 heteroatoms. The SMILES string of the molecule is CC(C)(C)[C@H]1CCc2nc(NC(=O)COc3ccc(Cl)cc3)sc2C1. The Balaban J connectivity index is 1.56. The Hall–Kier alpha value is -1.59. The van der Waals surface area contributed by atoms with E-state index in [-0.39, 0.29) is 12.5 Å². The van der Waals surface area contributed by atoms with Gasteiger partial charge in [0.15, 0.2) is 11.7 Å². The van der Waals surface area contributed by atoms with Crippen molar-refractivity contribution in [1.29, 1.82) is 0 Å². The molecule has 0 fully saturated rings. The normalized spacial score (nSPS) is 17.0. The minimum atomic E-state index is -0.201. The summed E-state index contributed by atoms with van der Waals surface area (Å²) in [6, 6.07) is 6.94. The van der Waals surface area contributed by atoms with Crippen molar-refractivity contribution in [3.05, 3.63) is 39.9 Å². The van der Waals surface area contributed by atoms with E-state index >= 15 is 0 Å². The summed E-state index contributed by atoms with van der Waals surface area (Å²) in [6.07, 6.45) is 3.20. The number of amides is 1. The van der Waals surface area contributed by atoms with Gasteiger partial charge in [-0.05, 0) is 54.9 Å². The van der Waals surface area contributed by atoms with Gasteiger partial charge in [-0.3, -0.25) is 10.1 Å². The summed E-state index contributed by atoms with van der Waals surface area (Å²) in [4.78, 5) is 18.0. The third-order valence-electron chi connectivity index (χ3n) is 4.59. The number of halogens is 1. The van der Waals surface area contributed by atoms with Gasteiger partial charge < -0.3 is 4.74 Å². The van der Waals surface area contributed by atoms with E-state index in [0.29, 0.717) is 27.2 Å². The fourth-order valence-corrected chi connectivity index (χ4v) is 4.23. The van der Waals surface area contributed by atoms with Crippen molar-refractivity contribution in [3.63, 3.8) is 0 Å². The summed E-state index contributed by atoms with van der Waals surface area (Å²) in [7, 11) is 0. The number of fused-ring (bicyclic) bond motifs is 1. The quantitative estimate of drug-likeness (QED) is 0.817. The van der Waals surface area contributed by atoms with E-state index in [4.69, 9.17) is 16.3 Å². The van der Waals surface area contributed by atoms with E-state index in [0.717, 1.165) is 25.0 Å². The molecule has 1 aromatic carbocycles. The topological polar surface area (TPSA) is 51.2 Å². The number of hydrogen-bond donors (Lipinski definition) is 1. The lowest BCUT2D eigenvalue weighted by Crippen LogP contribution is -2.26. The molecule has 0 saturated heterocycles. The molecule has 0 unspecified atom stereocenters. The first-order valence-electron chi connectivity index (χ1n) is 8.48. The van der Waals surface area contributed by atoms with Gasteiger partial charge >= 0.3 is 0 Å². The second-order valence-corrected chi connectivity index (χ2v) is 9.01. The van der Waals surface area contributed by atoms with E-state index in [1.54, 1.807) is 35.6 Å².